The number of nitrogens with one attached hydrogen (secondary N) is 1. The number of fused-ring (bicyclic) bond motifs is 2. The number of rotatable bonds is 4. The van der Waals surface area contributed by atoms with Crippen molar-refractivity contribution in [1.29, 1.82) is 0 Å². The summed E-state index contributed by atoms with van der Waals surface area (Å²) in [5, 5.41) is 3.63. The summed E-state index contributed by atoms with van der Waals surface area (Å²) in [7, 11) is 0. The molecule has 3 rings (SSSR count). The number of hydrogen-bond acceptors (Lipinski definition) is 2. The lowest BCUT2D eigenvalue weighted by Crippen LogP contribution is -2.39. The van der Waals surface area contributed by atoms with Crippen LogP contribution in [-0.2, 0) is 17.6 Å². The summed E-state index contributed by atoms with van der Waals surface area (Å²) >= 11 is 0. The molecule has 1 amide bonds. The zero-order valence-electron chi connectivity index (χ0n) is 13.4. The maximum Gasteiger partial charge on any atom is 0.222 e. The third-order valence-corrected chi connectivity index (χ3v) is 4.93. The minimum atomic E-state index is 0. The number of hydrogen-bond donors (Lipinski definition) is 1. The number of benzene rings is 1. The lowest BCUT2D eigenvalue weighted by atomic mass is 10.0. The van der Waals surface area contributed by atoms with Gasteiger partial charge in [-0.05, 0) is 43.2 Å². The summed E-state index contributed by atoms with van der Waals surface area (Å²) in [4.78, 5) is 14.5. The molecule has 0 saturated carbocycles. The van der Waals surface area contributed by atoms with Gasteiger partial charge in [-0.1, -0.05) is 31.2 Å². The molecular weight excluding hydrogens is 296 g/mol. The van der Waals surface area contributed by atoms with Crippen molar-refractivity contribution in [2.45, 2.75) is 57.5 Å². The third-order valence-electron chi connectivity index (χ3n) is 4.93. The minimum Gasteiger partial charge on any atom is -0.341 e. The molecule has 1 aromatic carbocycles. The second-order valence-corrected chi connectivity index (χ2v) is 6.44. The highest BCUT2D eigenvalue weighted by Gasteiger charge is 2.30. The van der Waals surface area contributed by atoms with Gasteiger partial charge in [0.05, 0.1) is 0 Å². The largest absolute Gasteiger partial charge is 0.341 e. The summed E-state index contributed by atoms with van der Waals surface area (Å²) in [5.41, 5.74) is 2.63. The van der Waals surface area contributed by atoms with Crippen LogP contribution in [0.1, 0.15) is 43.7 Å². The maximum atomic E-state index is 12.4. The first kappa shape index (κ1) is 17.3. The van der Waals surface area contributed by atoms with Gasteiger partial charge in [-0.3, -0.25) is 4.79 Å². The highest BCUT2D eigenvalue weighted by atomic mass is 35.5. The predicted octanol–water partition coefficient (Wildman–Crippen LogP) is 2.96. The van der Waals surface area contributed by atoms with Crippen LogP contribution in [0.4, 0.5) is 0 Å². The number of amides is 1. The maximum absolute atomic E-state index is 12.4. The van der Waals surface area contributed by atoms with E-state index in [4.69, 9.17) is 0 Å². The van der Waals surface area contributed by atoms with Gasteiger partial charge in [0.2, 0.25) is 5.91 Å². The number of carbonyl (C=O) groups is 1. The van der Waals surface area contributed by atoms with E-state index in [-0.39, 0.29) is 12.4 Å². The van der Waals surface area contributed by atoms with Gasteiger partial charge < -0.3 is 10.2 Å². The van der Waals surface area contributed by atoms with Gasteiger partial charge in [-0.2, -0.15) is 0 Å². The Balaban J connectivity index is 0.00000176. The van der Waals surface area contributed by atoms with E-state index in [0.717, 1.165) is 32.4 Å². The molecule has 0 spiro atoms. The van der Waals surface area contributed by atoms with Gasteiger partial charge >= 0.3 is 0 Å². The molecule has 122 valence electrons. The van der Waals surface area contributed by atoms with Gasteiger partial charge in [-0.25, -0.2) is 0 Å². The van der Waals surface area contributed by atoms with Crippen molar-refractivity contribution in [3.05, 3.63) is 35.4 Å². The Labute approximate surface area is 139 Å². The Kier molecular flexibility index (Phi) is 6.27. The van der Waals surface area contributed by atoms with Crippen molar-refractivity contribution in [3.8, 4) is 0 Å². The predicted molar refractivity (Wildman–Crippen MR) is 92.5 cm³/mol. The van der Waals surface area contributed by atoms with Crippen molar-refractivity contribution < 1.29 is 4.79 Å². The summed E-state index contributed by atoms with van der Waals surface area (Å²) in [6.07, 6.45) is 6.21. The second-order valence-electron chi connectivity index (χ2n) is 6.44. The molecule has 2 aliphatic rings. The molecule has 1 N–H and O–H groups in total. The van der Waals surface area contributed by atoms with Crippen LogP contribution in [-0.4, -0.2) is 36.0 Å². The van der Waals surface area contributed by atoms with Crippen LogP contribution < -0.4 is 5.32 Å². The highest BCUT2D eigenvalue weighted by molar-refractivity contribution is 5.85. The standard InChI is InChI=1S/C18H26N2O.ClH/c1-2-14-3-5-15(6-4-14)7-10-18(21)20-12-11-16-8-9-17(13-20)19-16;/h3-6,16-17,19H,2,7-13H2,1H3;1H. The van der Waals surface area contributed by atoms with Crippen LogP contribution in [0.25, 0.3) is 0 Å². The molecule has 2 fully saturated rings. The van der Waals surface area contributed by atoms with Crippen LogP contribution >= 0.6 is 12.4 Å². The molecule has 4 heteroatoms. The van der Waals surface area contributed by atoms with E-state index in [1.54, 1.807) is 0 Å². The van der Waals surface area contributed by atoms with Crippen molar-refractivity contribution >= 4 is 18.3 Å². The summed E-state index contributed by atoms with van der Waals surface area (Å²) < 4.78 is 0. The molecule has 2 aliphatic heterocycles. The SMILES string of the molecule is CCc1ccc(CCC(=O)N2CCC3CCC(C2)N3)cc1.Cl. The first-order valence-electron chi connectivity index (χ1n) is 8.36. The van der Waals surface area contributed by atoms with Crippen LogP contribution in [0.2, 0.25) is 0 Å². The average molecular weight is 323 g/mol. The van der Waals surface area contributed by atoms with Crippen molar-refractivity contribution in [3.63, 3.8) is 0 Å². The summed E-state index contributed by atoms with van der Waals surface area (Å²) in [5.74, 6) is 0.323. The first-order valence-corrected chi connectivity index (χ1v) is 8.36. The fraction of sp³-hybridized carbons (Fsp3) is 0.611. The average Bonchev–Trinajstić information content (AvgIpc) is 2.84. The normalized spacial score (nSPS) is 23.8. The molecule has 2 bridgehead atoms. The molecule has 22 heavy (non-hydrogen) atoms. The smallest absolute Gasteiger partial charge is 0.222 e. The van der Waals surface area contributed by atoms with E-state index in [0.29, 0.717) is 24.4 Å². The summed E-state index contributed by atoms with van der Waals surface area (Å²) in [6, 6.07) is 9.86. The molecule has 2 atom stereocenters. The lowest BCUT2D eigenvalue weighted by molar-refractivity contribution is -0.131. The molecule has 3 nitrogen and oxygen atoms in total. The third kappa shape index (κ3) is 4.23. The Morgan fingerprint density at radius 2 is 1.82 bits per heavy atom. The van der Waals surface area contributed by atoms with Gasteiger partial charge in [0.25, 0.3) is 0 Å². The monoisotopic (exact) mass is 322 g/mol. The molecular formula is C18H27ClN2O. The molecule has 2 unspecified atom stereocenters. The zero-order chi connectivity index (χ0) is 14.7. The number of likely N-dealkylation sites (tertiary alicyclic amines) is 1. The Morgan fingerprint density at radius 3 is 2.55 bits per heavy atom. The molecule has 0 aliphatic carbocycles. The number of carbonyl (C=O) groups excluding carboxylic acids is 1. The fourth-order valence-electron chi connectivity index (χ4n) is 3.52. The number of halogens is 1. The second kappa shape index (κ2) is 7.98. The van der Waals surface area contributed by atoms with Crippen LogP contribution in [0, 0.1) is 0 Å². The molecule has 0 radical (unpaired) electrons. The molecule has 2 heterocycles. The number of nitrogens with zero attached hydrogens (tertiary/aromatic N) is 1. The fourth-order valence-corrected chi connectivity index (χ4v) is 3.52. The highest BCUT2D eigenvalue weighted by Crippen LogP contribution is 2.21. The van der Waals surface area contributed by atoms with Gasteiger partial charge in [0.1, 0.15) is 0 Å². The Bertz CT molecular complexity index is 488. The van der Waals surface area contributed by atoms with E-state index in [1.807, 2.05) is 0 Å². The first-order chi connectivity index (χ1) is 10.2. The Hall–Kier alpha value is -1.06. The number of aryl methyl sites for hydroxylation is 2. The van der Waals surface area contributed by atoms with Crippen LogP contribution in [0.3, 0.4) is 0 Å². The van der Waals surface area contributed by atoms with E-state index in [2.05, 4.69) is 41.4 Å². The minimum absolute atomic E-state index is 0. The quantitative estimate of drug-likeness (QED) is 0.924. The van der Waals surface area contributed by atoms with E-state index in [1.165, 1.54) is 24.0 Å². The van der Waals surface area contributed by atoms with Gasteiger partial charge in [-0.15, -0.1) is 12.4 Å². The zero-order valence-corrected chi connectivity index (χ0v) is 14.2. The molecule has 2 saturated heterocycles. The summed E-state index contributed by atoms with van der Waals surface area (Å²) in [6.45, 7) is 4.01. The van der Waals surface area contributed by atoms with Crippen molar-refractivity contribution in [2.75, 3.05) is 13.1 Å². The molecule has 1 aromatic rings. The van der Waals surface area contributed by atoms with Crippen molar-refractivity contribution in [1.82, 2.24) is 10.2 Å². The Morgan fingerprint density at radius 1 is 1.14 bits per heavy atom. The molecule has 0 aromatic heterocycles. The van der Waals surface area contributed by atoms with Crippen LogP contribution in [0.15, 0.2) is 24.3 Å². The lowest BCUT2D eigenvalue weighted by Gasteiger charge is -2.24. The van der Waals surface area contributed by atoms with E-state index < -0.39 is 0 Å². The van der Waals surface area contributed by atoms with Gasteiger partial charge in [0, 0.05) is 31.6 Å². The van der Waals surface area contributed by atoms with Crippen LogP contribution in [0.5, 0.6) is 0 Å². The topological polar surface area (TPSA) is 32.3 Å². The van der Waals surface area contributed by atoms with Gasteiger partial charge in [0.15, 0.2) is 0 Å². The van der Waals surface area contributed by atoms with E-state index in [9.17, 15) is 4.79 Å². The van der Waals surface area contributed by atoms with E-state index >= 15 is 0 Å². The van der Waals surface area contributed by atoms with Crippen molar-refractivity contribution in [2.24, 2.45) is 0 Å².